The molecule has 2 fully saturated rings. The van der Waals surface area contributed by atoms with Crippen molar-refractivity contribution < 1.29 is 5.11 Å². The maximum atomic E-state index is 12.4. The second-order valence-electron chi connectivity index (χ2n) is 7.23. The highest BCUT2D eigenvalue weighted by Crippen LogP contribution is 2.32. The van der Waals surface area contributed by atoms with Crippen molar-refractivity contribution in [2.45, 2.75) is 58.0 Å². The van der Waals surface area contributed by atoms with Crippen molar-refractivity contribution in [1.29, 1.82) is 0 Å². The number of nitrogens with one attached hydrogen (secondary N) is 1. The van der Waals surface area contributed by atoms with E-state index < -0.39 is 0 Å². The van der Waals surface area contributed by atoms with Gasteiger partial charge < -0.3 is 19.9 Å². The highest BCUT2D eigenvalue weighted by atomic mass is 16.3. The van der Waals surface area contributed by atoms with E-state index in [1.54, 1.807) is 10.8 Å². The minimum Gasteiger partial charge on any atom is -0.395 e. The smallest absolute Gasteiger partial charge is 0.293 e. The van der Waals surface area contributed by atoms with Crippen LogP contribution in [0.2, 0.25) is 0 Å². The van der Waals surface area contributed by atoms with Crippen LogP contribution in [0.4, 0.5) is 5.82 Å². The second-order valence-corrected chi connectivity index (χ2v) is 7.23. The molecular formula is C18H30N4O2. The van der Waals surface area contributed by atoms with Crippen molar-refractivity contribution in [2.24, 2.45) is 5.92 Å². The van der Waals surface area contributed by atoms with Gasteiger partial charge in [-0.05, 0) is 51.5 Å². The fraction of sp³-hybridized carbons (Fsp3) is 0.778. The number of hydrogen-bond acceptors (Lipinski definition) is 5. The van der Waals surface area contributed by atoms with Crippen LogP contribution in [0.1, 0.15) is 44.2 Å². The van der Waals surface area contributed by atoms with Gasteiger partial charge in [0, 0.05) is 37.6 Å². The van der Waals surface area contributed by atoms with E-state index in [2.05, 4.69) is 15.2 Å². The maximum Gasteiger partial charge on any atom is 0.293 e. The van der Waals surface area contributed by atoms with Crippen LogP contribution in [-0.2, 0) is 6.54 Å². The molecule has 134 valence electrons. The van der Waals surface area contributed by atoms with Crippen LogP contribution in [0.25, 0.3) is 0 Å². The average Bonchev–Trinajstić information content (AvgIpc) is 3.39. The van der Waals surface area contributed by atoms with Crippen LogP contribution in [-0.4, -0.2) is 51.8 Å². The Kier molecular flexibility index (Phi) is 5.89. The summed E-state index contributed by atoms with van der Waals surface area (Å²) < 4.78 is 1.58. The Morgan fingerprint density at radius 1 is 1.33 bits per heavy atom. The molecule has 0 spiro atoms. The molecule has 2 aliphatic rings. The fourth-order valence-corrected chi connectivity index (χ4v) is 3.69. The Morgan fingerprint density at radius 3 is 2.92 bits per heavy atom. The molecule has 2 N–H and O–H groups in total. The third-order valence-electron chi connectivity index (χ3n) is 5.29. The van der Waals surface area contributed by atoms with Crippen LogP contribution in [0.15, 0.2) is 11.0 Å². The molecule has 1 saturated heterocycles. The summed E-state index contributed by atoms with van der Waals surface area (Å²) in [6, 6.07) is 0.636. The summed E-state index contributed by atoms with van der Waals surface area (Å²) in [4.78, 5) is 19.3. The van der Waals surface area contributed by atoms with Crippen molar-refractivity contribution in [3.63, 3.8) is 0 Å². The molecule has 1 aliphatic carbocycles. The van der Waals surface area contributed by atoms with Gasteiger partial charge in [-0.15, -0.1) is 0 Å². The Labute approximate surface area is 143 Å². The normalized spacial score (nSPS) is 21.8. The van der Waals surface area contributed by atoms with Crippen LogP contribution < -0.4 is 10.9 Å². The molecule has 1 saturated carbocycles. The molecule has 0 amide bonds. The number of hydrogen-bond donors (Lipinski definition) is 2. The summed E-state index contributed by atoms with van der Waals surface area (Å²) in [6.45, 7) is 5.38. The molecule has 0 bridgehead atoms. The predicted molar refractivity (Wildman–Crippen MR) is 95.4 cm³/mol. The summed E-state index contributed by atoms with van der Waals surface area (Å²) in [5.74, 6) is 1.33. The summed E-state index contributed by atoms with van der Waals surface area (Å²) in [5.41, 5.74) is 0.644. The van der Waals surface area contributed by atoms with E-state index in [0.29, 0.717) is 18.4 Å². The lowest BCUT2D eigenvalue weighted by atomic mass is 9.99. The molecule has 0 radical (unpaired) electrons. The quantitative estimate of drug-likeness (QED) is 0.756. The minimum absolute atomic E-state index is 0.0393. The Hall–Kier alpha value is -1.40. The summed E-state index contributed by atoms with van der Waals surface area (Å²) in [6.07, 6.45) is 9.46. The van der Waals surface area contributed by atoms with Crippen LogP contribution in [0, 0.1) is 12.8 Å². The standard InChI is InChI=1S/C18H30N4O2/c1-14-12-20-17(18(24)22(14)10-11-23)19-8-7-16-4-2-3-9-21(16)13-15-5-6-15/h12,15-16,23H,2-11,13H2,1H3,(H,19,20). The second kappa shape index (κ2) is 8.12. The topological polar surface area (TPSA) is 70.4 Å². The Balaban J connectivity index is 1.55. The molecule has 1 atom stereocenters. The van der Waals surface area contributed by atoms with Crippen molar-refractivity contribution in [2.75, 3.05) is 31.6 Å². The number of nitrogens with zero attached hydrogens (tertiary/aromatic N) is 3. The van der Waals surface area contributed by atoms with Gasteiger partial charge in [0.15, 0.2) is 5.82 Å². The first-order valence-corrected chi connectivity index (χ1v) is 9.34. The fourth-order valence-electron chi connectivity index (χ4n) is 3.69. The van der Waals surface area contributed by atoms with Crippen molar-refractivity contribution in [3.05, 3.63) is 22.2 Å². The van der Waals surface area contributed by atoms with E-state index in [9.17, 15) is 4.79 Å². The van der Waals surface area contributed by atoms with E-state index in [0.717, 1.165) is 24.6 Å². The predicted octanol–water partition coefficient (Wildman–Crippen LogP) is 1.61. The Bertz CT molecular complexity index is 597. The number of piperidine rings is 1. The first-order valence-electron chi connectivity index (χ1n) is 9.34. The molecule has 1 aromatic rings. The van der Waals surface area contributed by atoms with Crippen molar-refractivity contribution >= 4 is 5.82 Å². The van der Waals surface area contributed by atoms with Gasteiger partial charge >= 0.3 is 0 Å². The van der Waals surface area contributed by atoms with Gasteiger partial charge in [-0.2, -0.15) is 0 Å². The van der Waals surface area contributed by atoms with E-state index in [1.165, 1.54) is 45.2 Å². The molecule has 2 heterocycles. The van der Waals surface area contributed by atoms with Crippen LogP contribution in [0.5, 0.6) is 0 Å². The molecule has 0 aromatic carbocycles. The Morgan fingerprint density at radius 2 is 2.17 bits per heavy atom. The van der Waals surface area contributed by atoms with E-state index in [4.69, 9.17) is 5.11 Å². The lowest BCUT2D eigenvalue weighted by molar-refractivity contribution is 0.137. The molecule has 1 aromatic heterocycles. The van der Waals surface area contributed by atoms with Crippen LogP contribution in [0.3, 0.4) is 0 Å². The zero-order valence-electron chi connectivity index (χ0n) is 14.7. The van der Waals surface area contributed by atoms with E-state index >= 15 is 0 Å². The highest BCUT2D eigenvalue weighted by molar-refractivity contribution is 5.31. The average molecular weight is 334 g/mol. The van der Waals surface area contributed by atoms with Gasteiger partial charge in [0.25, 0.3) is 5.56 Å². The molecular weight excluding hydrogens is 304 g/mol. The van der Waals surface area contributed by atoms with Gasteiger partial charge in [0.2, 0.25) is 0 Å². The highest BCUT2D eigenvalue weighted by Gasteiger charge is 2.29. The first kappa shape index (κ1) is 17.4. The molecule has 1 aliphatic heterocycles. The number of aliphatic hydroxyl groups is 1. The third-order valence-corrected chi connectivity index (χ3v) is 5.29. The molecule has 6 nitrogen and oxygen atoms in total. The van der Waals surface area contributed by atoms with Gasteiger partial charge in [-0.25, -0.2) is 4.98 Å². The zero-order valence-corrected chi connectivity index (χ0v) is 14.7. The largest absolute Gasteiger partial charge is 0.395 e. The van der Waals surface area contributed by atoms with Crippen molar-refractivity contribution in [3.8, 4) is 0 Å². The third kappa shape index (κ3) is 4.36. The monoisotopic (exact) mass is 334 g/mol. The zero-order chi connectivity index (χ0) is 16.9. The van der Waals surface area contributed by atoms with E-state index in [-0.39, 0.29) is 12.2 Å². The van der Waals surface area contributed by atoms with Crippen LogP contribution >= 0.6 is 0 Å². The summed E-state index contributed by atoms with van der Waals surface area (Å²) in [5, 5.41) is 12.3. The van der Waals surface area contributed by atoms with Gasteiger partial charge in [0.05, 0.1) is 6.61 Å². The molecule has 24 heavy (non-hydrogen) atoms. The minimum atomic E-state index is -0.137. The maximum absolute atomic E-state index is 12.4. The van der Waals surface area contributed by atoms with E-state index in [1.807, 2.05) is 6.92 Å². The number of aromatic nitrogens is 2. The SMILES string of the molecule is Cc1cnc(NCCC2CCCCN2CC2CC2)c(=O)n1CCO. The number of likely N-dealkylation sites (tertiary alicyclic amines) is 1. The first-order chi connectivity index (χ1) is 11.7. The number of aryl methyl sites for hydroxylation is 1. The summed E-state index contributed by atoms with van der Waals surface area (Å²) in [7, 11) is 0. The molecule has 3 rings (SSSR count). The van der Waals surface area contributed by atoms with Gasteiger partial charge in [0.1, 0.15) is 0 Å². The number of aliphatic hydroxyl groups excluding tert-OH is 1. The lowest BCUT2D eigenvalue weighted by Crippen LogP contribution is -2.41. The van der Waals surface area contributed by atoms with Crippen molar-refractivity contribution in [1.82, 2.24) is 14.5 Å². The number of rotatable bonds is 8. The number of anilines is 1. The van der Waals surface area contributed by atoms with Gasteiger partial charge in [-0.1, -0.05) is 6.42 Å². The lowest BCUT2D eigenvalue weighted by Gasteiger charge is -2.36. The molecule has 1 unspecified atom stereocenters. The van der Waals surface area contributed by atoms with Gasteiger partial charge in [-0.3, -0.25) is 4.79 Å². The summed E-state index contributed by atoms with van der Waals surface area (Å²) >= 11 is 0. The molecule has 6 heteroatoms.